The summed E-state index contributed by atoms with van der Waals surface area (Å²) in [6.45, 7) is 4.33. The number of rotatable bonds is 7. The summed E-state index contributed by atoms with van der Waals surface area (Å²) in [5.41, 5.74) is 6.44. The third-order valence-corrected chi connectivity index (χ3v) is 3.51. The highest BCUT2D eigenvalue weighted by molar-refractivity contribution is 7.99. The second-order valence-corrected chi connectivity index (χ2v) is 5.66. The van der Waals surface area contributed by atoms with E-state index in [0.717, 1.165) is 17.8 Å². The molecule has 0 bridgehead atoms. The van der Waals surface area contributed by atoms with Crippen LogP contribution in [0.4, 0.5) is 5.82 Å². The molecule has 1 unspecified atom stereocenters. The number of thiocarbonyl (C=S) groups is 1. The minimum atomic E-state index is 0.406. The molecule has 0 amide bonds. The molecule has 1 heterocycles. The first-order valence-corrected chi connectivity index (χ1v) is 7.30. The van der Waals surface area contributed by atoms with E-state index in [0.29, 0.717) is 11.0 Å². The Morgan fingerprint density at radius 1 is 1.65 bits per heavy atom. The van der Waals surface area contributed by atoms with Gasteiger partial charge in [-0.25, -0.2) is 4.98 Å². The van der Waals surface area contributed by atoms with E-state index < -0.39 is 0 Å². The van der Waals surface area contributed by atoms with Crippen molar-refractivity contribution in [2.24, 2.45) is 5.73 Å². The Kier molecular flexibility index (Phi) is 6.29. The van der Waals surface area contributed by atoms with Crippen molar-refractivity contribution in [3.05, 3.63) is 23.9 Å². The van der Waals surface area contributed by atoms with Crippen LogP contribution in [0.1, 0.15) is 25.8 Å². The van der Waals surface area contributed by atoms with Gasteiger partial charge in [0.2, 0.25) is 0 Å². The predicted octanol–water partition coefficient (Wildman–Crippen LogP) is 2.66. The molecule has 0 spiro atoms. The summed E-state index contributed by atoms with van der Waals surface area (Å²) < 4.78 is 0. The molecule has 94 valence electrons. The van der Waals surface area contributed by atoms with Gasteiger partial charge in [-0.15, -0.1) is 0 Å². The van der Waals surface area contributed by atoms with Gasteiger partial charge >= 0.3 is 0 Å². The summed E-state index contributed by atoms with van der Waals surface area (Å²) in [4.78, 5) is 4.66. The molecule has 0 saturated heterocycles. The number of hydrogen-bond donors (Lipinski definition) is 2. The van der Waals surface area contributed by atoms with Gasteiger partial charge < -0.3 is 11.1 Å². The Labute approximate surface area is 113 Å². The highest BCUT2D eigenvalue weighted by atomic mass is 32.2. The van der Waals surface area contributed by atoms with E-state index in [1.807, 2.05) is 23.9 Å². The van der Waals surface area contributed by atoms with Gasteiger partial charge in [0, 0.05) is 17.8 Å². The smallest absolute Gasteiger partial charge is 0.126 e. The first-order valence-electron chi connectivity index (χ1n) is 5.73. The summed E-state index contributed by atoms with van der Waals surface area (Å²) in [6.07, 6.45) is 2.85. The third kappa shape index (κ3) is 5.37. The quantitative estimate of drug-likeness (QED) is 0.589. The van der Waals surface area contributed by atoms with Crippen LogP contribution in [0, 0.1) is 0 Å². The van der Waals surface area contributed by atoms with Gasteiger partial charge in [0.05, 0.1) is 0 Å². The van der Waals surface area contributed by atoms with Crippen molar-refractivity contribution in [1.29, 1.82) is 0 Å². The van der Waals surface area contributed by atoms with Gasteiger partial charge in [-0.3, -0.25) is 0 Å². The number of thioether (sulfide) groups is 1. The predicted molar refractivity (Wildman–Crippen MR) is 80.8 cm³/mol. The van der Waals surface area contributed by atoms with Gasteiger partial charge in [0.25, 0.3) is 0 Å². The lowest BCUT2D eigenvalue weighted by molar-refractivity contribution is 0.766. The molecule has 1 aromatic rings. The zero-order valence-corrected chi connectivity index (χ0v) is 11.9. The molecule has 3 nitrogen and oxygen atoms in total. The number of nitrogens with zero attached hydrogens (tertiary/aromatic N) is 1. The fourth-order valence-electron chi connectivity index (χ4n) is 1.39. The second kappa shape index (κ2) is 7.50. The van der Waals surface area contributed by atoms with Crippen molar-refractivity contribution in [3.63, 3.8) is 0 Å². The number of pyridine rings is 1. The molecule has 0 aliphatic rings. The molecule has 0 aliphatic heterocycles. The summed E-state index contributed by atoms with van der Waals surface area (Å²) in [5.74, 6) is 3.17. The highest BCUT2D eigenvalue weighted by Crippen LogP contribution is 2.11. The van der Waals surface area contributed by atoms with E-state index in [4.69, 9.17) is 18.0 Å². The third-order valence-electron chi connectivity index (χ3n) is 2.34. The minimum Gasteiger partial charge on any atom is -0.389 e. The van der Waals surface area contributed by atoms with Crippen molar-refractivity contribution in [2.75, 3.05) is 16.8 Å². The zero-order valence-electron chi connectivity index (χ0n) is 10.3. The molecule has 17 heavy (non-hydrogen) atoms. The lowest BCUT2D eigenvalue weighted by Gasteiger charge is -2.14. The van der Waals surface area contributed by atoms with Crippen molar-refractivity contribution < 1.29 is 0 Å². The highest BCUT2D eigenvalue weighted by Gasteiger charge is 2.04. The van der Waals surface area contributed by atoms with E-state index in [1.54, 1.807) is 6.20 Å². The fourth-order valence-corrected chi connectivity index (χ4v) is 2.33. The SMILES string of the molecule is CCSCCC(C)Nc1cc(C(N)=S)ccn1. The van der Waals surface area contributed by atoms with Crippen LogP contribution in [0.5, 0.6) is 0 Å². The Balaban J connectivity index is 2.50. The van der Waals surface area contributed by atoms with Gasteiger partial charge in [0.1, 0.15) is 10.8 Å². The number of anilines is 1. The van der Waals surface area contributed by atoms with Gasteiger partial charge in [-0.2, -0.15) is 11.8 Å². The van der Waals surface area contributed by atoms with Crippen LogP contribution in [-0.4, -0.2) is 27.5 Å². The standard InChI is InChI=1S/C12H19N3S2/c1-3-17-7-5-9(2)15-11-8-10(12(13)16)4-6-14-11/h4,6,8-9H,3,5,7H2,1-2H3,(H2,13,16)(H,14,15). The molecule has 1 aromatic heterocycles. The van der Waals surface area contributed by atoms with E-state index in [2.05, 4.69) is 24.1 Å². The summed E-state index contributed by atoms with van der Waals surface area (Å²) in [7, 11) is 0. The van der Waals surface area contributed by atoms with E-state index in [9.17, 15) is 0 Å². The number of aromatic nitrogens is 1. The van der Waals surface area contributed by atoms with Crippen LogP contribution in [0.15, 0.2) is 18.3 Å². The Hall–Kier alpha value is -0.810. The first-order chi connectivity index (χ1) is 8.13. The van der Waals surface area contributed by atoms with Crippen molar-refractivity contribution in [3.8, 4) is 0 Å². The Morgan fingerprint density at radius 2 is 2.41 bits per heavy atom. The molecular weight excluding hydrogens is 250 g/mol. The maximum Gasteiger partial charge on any atom is 0.126 e. The normalized spacial score (nSPS) is 12.1. The maximum absolute atomic E-state index is 5.58. The van der Waals surface area contributed by atoms with Crippen LogP contribution >= 0.6 is 24.0 Å². The van der Waals surface area contributed by atoms with Crippen molar-refractivity contribution >= 4 is 34.8 Å². The monoisotopic (exact) mass is 269 g/mol. The van der Waals surface area contributed by atoms with Crippen LogP contribution < -0.4 is 11.1 Å². The van der Waals surface area contributed by atoms with Gasteiger partial charge in [-0.1, -0.05) is 19.1 Å². The first kappa shape index (κ1) is 14.3. The average molecular weight is 269 g/mol. The summed E-state index contributed by atoms with van der Waals surface area (Å²) in [6, 6.07) is 4.12. The lowest BCUT2D eigenvalue weighted by Crippen LogP contribution is -2.18. The molecule has 3 N–H and O–H groups in total. The van der Waals surface area contributed by atoms with Crippen LogP contribution in [0.3, 0.4) is 0 Å². The molecule has 1 atom stereocenters. The zero-order chi connectivity index (χ0) is 12.7. The van der Waals surface area contributed by atoms with E-state index >= 15 is 0 Å². The van der Waals surface area contributed by atoms with E-state index in [-0.39, 0.29) is 0 Å². The number of nitrogens with two attached hydrogens (primary N) is 1. The molecule has 5 heteroatoms. The maximum atomic E-state index is 5.58. The molecule has 0 saturated carbocycles. The van der Waals surface area contributed by atoms with E-state index in [1.165, 1.54) is 11.5 Å². The van der Waals surface area contributed by atoms with Gasteiger partial charge in [-0.05, 0) is 37.0 Å². The van der Waals surface area contributed by atoms with Crippen molar-refractivity contribution in [2.45, 2.75) is 26.3 Å². The molecular formula is C12H19N3S2. The average Bonchev–Trinajstić information content (AvgIpc) is 2.29. The Morgan fingerprint density at radius 3 is 3.06 bits per heavy atom. The number of nitrogens with one attached hydrogen (secondary N) is 1. The molecule has 0 aromatic carbocycles. The molecule has 0 radical (unpaired) electrons. The fraction of sp³-hybridized carbons (Fsp3) is 0.500. The van der Waals surface area contributed by atoms with Gasteiger partial charge in [0.15, 0.2) is 0 Å². The Bertz CT molecular complexity index is 369. The topological polar surface area (TPSA) is 50.9 Å². The lowest BCUT2D eigenvalue weighted by atomic mass is 10.2. The molecule has 0 aliphatic carbocycles. The minimum absolute atomic E-state index is 0.406. The van der Waals surface area contributed by atoms with Crippen LogP contribution in [0.25, 0.3) is 0 Å². The summed E-state index contributed by atoms with van der Waals surface area (Å²) >= 11 is 6.89. The second-order valence-electron chi connectivity index (χ2n) is 3.82. The molecule has 0 fully saturated rings. The van der Waals surface area contributed by atoms with Crippen molar-refractivity contribution in [1.82, 2.24) is 4.98 Å². The van der Waals surface area contributed by atoms with Crippen LogP contribution in [-0.2, 0) is 0 Å². The number of hydrogen-bond acceptors (Lipinski definition) is 4. The summed E-state index contributed by atoms with van der Waals surface area (Å²) in [5, 5.41) is 3.36. The molecule has 1 rings (SSSR count). The largest absolute Gasteiger partial charge is 0.389 e. The van der Waals surface area contributed by atoms with Crippen LogP contribution in [0.2, 0.25) is 0 Å².